The van der Waals surface area contributed by atoms with Crippen LogP contribution in [0.1, 0.15) is 70.9 Å². The molecular formula is C26H27N9O4. The number of rotatable bonds is 5. The highest BCUT2D eigenvalue weighted by Gasteiger charge is 2.46. The van der Waals surface area contributed by atoms with Gasteiger partial charge in [0, 0.05) is 35.3 Å². The number of anilines is 1. The van der Waals surface area contributed by atoms with Crippen LogP contribution in [0.2, 0.25) is 0 Å². The van der Waals surface area contributed by atoms with Gasteiger partial charge in [-0.25, -0.2) is 9.97 Å². The Bertz CT molecular complexity index is 1580. The molecule has 0 saturated carbocycles. The first-order chi connectivity index (χ1) is 18.8. The van der Waals surface area contributed by atoms with Crippen LogP contribution in [0.4, 0.5) is 5.82 Å². The van der Waals surface area contributed by atoms with E-state index in [0.717, 1.165) is 24.0 Å². The lowest BCUT2D eigenvalue weighted by Gasteiger charge is -2.38. The molecule has 4 aromatic heterocycles. The first-order valence-electron chi connectivity index (χ1n) is 13.0. The van der Waals surface area contributed by atoms with E-state index in [1.165, 1.54) is 17.8 Å². The van der Waals surface area contributed by atoms with Gasteiger partial charge in [0.2, 0.25) is 5.82 Å². The fourth-order valence-corrected chi connectivity index (χ4v) is 6.33. The van der Waals surface area contributed by atoms with E-state index in [2.05, 4.69) is 25.3 Å². The van der Waals surface area contributed by atoms with Gasteiger partial charge >= 0.3 is 0 Å². The highest BCUT2D eigenvalue weighted by molar-refractivity contribution is 6.00. The largest absolute Gasteiger partial charge is 0.383 e. The Balaban J connectivity index is 1.26. The zero-order chi connectivity index (χ0) is 26.9. The summed E-state index contributed by atoms with van der Waals surface area (Å²) in [4.78, 5) is 41.4. The van der Waals surface area contributed by atoms with Crippen molar-refractivity contribution in [2.45, 2.75) is 56.2 Å². The summed E-state index contributed by atoms with van der Waals surface area (Å²) in [6.45, 7) is 1.92. The number of pyridine rings is 1. The Morgan fingerprint density at radius 2 is 1.92 bits per heavy atom. The van der Waals surface area contributed by atoms with Crippen LogP contribution in [-0.4, -0.2) is 81.8 Å². The van der Waals surface area contributed by atoms with Crippen molar-refractivity contribution in [2.24, 2.45) is 0 Å². The van der Waals surface area contributed by atoms with Crippen LogP contribution in [0, 0.1) is 0 Å². The molecule has 39 heavy (non-hydrogen) atoms. The summed E-state index contributed by atoms with van der Waals surface area (Å²) in [5.41, 5.74) is 9.05. The normalized spacial score (nSPS) is 23.6. The molecule has 3 aliphatic heterocycles. The van der Waals surface area contributed by atoms with E-state index in [1.54, 1.807) is 18.5 Å². The molecule has 2 bridgehead atoms. The molecule has 3 atom stereocenters. The van der Waals surface area contributed by atoms with Crippen molar-refractivity contribution in [3.8, 4) is 11.1 Å². The molecule has 3 fully saturated rings. The lowest BCUT2D eigenvalue weighted by atomic mass is 9.85. The minimum atomic E-state index is -1.06. The number of nitrogens with two attached hydrogens (primary N) is 1. The molecule has 4 aromatic rings. The highest BCUT2D eigenvalue weighted by atomic mass is 16.5. The predicted octanol–water partition coefficient (Wildman–Crippen LogP) is 1.46. The zero-order valence-electron chi connectivity index (χ0n) is 21.2. The molecule has 1 unspecified atom stereocenters. The molecular weight excluding hydrogens is 502 g/mol. The van der Waals surface area contributed by atoms with Crippen molar-refractivity contribution in [2.75, 3.05) is 18.9 Å². The van der Waals surface area contributed by atoms with E-state index in [-0.39, 0.29) is 54.5 Å². The number of piperidine rings is 1. The number of nitrogens with zero attached hydrogens (tertiary/aromatic N) is 7. The topological polar surface area (TPSA) is 178 Å². The number of fused-ring (bicyclic) bond motifs is 3. The van der Waals surface area contributed by atoms with Crippen molar-refractivity contribution >= 4 is 23.2 Å². The molecule has 0 aliphatic carbocycles. The Morgan fingerprint density at radius 1 is 1.15 bits per heavy atom. The number of aliphatic hydroxyl groups is 1. The number of H-pyrrole nitrogens is 1. The summed E-state index contributed by atoms with van der Waals surface area (Å²) in [6.07, 6.45) is 7.75. The number of amides is 1. The minimum absolute atomic E-state index is 0.00724. The second-order valence-electron chi connectivity index (χ2n) is 10.7. The standard InChI is InChI=1S/C26H27N9O4/c1-13(36)20-21(15-6-16-3-4-17(7-15)34(16)25(37)23-29-12-30-33-23)32-24-18(9-31-35(24)22(20)27)14-2-5-19(28-8-14)26(38)10-39-11-26/h2,5,8-9,12,15-17,38H,3-4,6-7,10-11,27H2,1H3,(H,29,30,33)/t15?,16-,17+. The maximum Gasteiger partial charge on any atom is 0.291 e. The fourth-order valence-electron chi connectivity index (χ4n) is 6.33. The number of ether oxygens (including phenoxy) is 1. The molecule has 4 N–H and O–H groups in total. The van der Waals surface area contributed by atoms with Gasteiger partial charge < -0.3 is 20.5 Å². The predicted molar refractivity (Wildman–Crippen MR) is 137 cm³/mol. The van der Waals surface area contributed by atoms with Gasteiger partial charge in [0.05, 0.1) is 36.4 Å². The number of nitrogen functional groups attached to an aromatic ring is 1. The second-order valence-corrected chi connectivity index (χ2v) is 10.7. The van der Waals surface area contributed by atoms with Crippen LogP contribution in [0.5, 0.6) is 0 Å². The quantitative estimate of drug-likeness (QED) is 0.321. The van der Waals surface area contributed by atoms with Crippen molar-refractivity contribution < 1.29 is 19.4 Å². The summed E-state index contributed by atoms with van der Waals surface area (Å²) in [6, 6.07) is 3.65. The highest BCUT2D eigenvalue weighted by Crippen LogP contribution is 2.45. The molecule has 7 rings (SSSR count). The smallest absolute Gasteiger partial charge is 0.291 e. The van der Waals surface area contributed by atoms with Gasteiger partial charge in [-0.3, -0.25) is 19.7 Å². The van der Waals surface area contributed by atoms with Crippen LogP contribution >= 0.6 is 0 Å². The first kappa shape index (κ1) is 23.9. The lowest BCUT2D eigenvalue weighted by Crippen LogP contribution is -2.47. The van der Waals surface area contributed by atoms with Crippen LogP contribution < -0.4 is 5.73 Å². The van der Waals surface area contributed by atoms with E-state index in [9.17, 15) is 14.7 Å². The summed E-state index contributed by atoms with van der Waals surface area (Å²) in [5.74, 6) is 0.0955. The lowest BCUT2D eigenvalue weighted by molar-refractivity contribution is -0.186. The summed E-state index contributed by atoms with van der Waals surface area (Å²) >= 11 is 0. The third-order valence-corrected chi connectivity index (χ3v) is 8.27. The van der Waals surface area contributed by atoms with E-state index in [0.29, 0.717) is 35.4 Å². The van der Waals surface area contributed by atoms with Crippen molar-refractivity contribution in [3.63, 3.8) is 0 Å². The molecule has 3 saturated heterocycles. The van der Waals surface area contributed by atoms with Crippen molar-refractivity contribution in [3.05, 3.63) is 53.6 Å². The SMILES string of the molecule is CC(=O)c1c(C2C[C@H]3CC[C@@H](C2)N3C(=O)c2ncn[nH]2)nc2c(-c3ccc(C4(O)COC4)nc3)cnn2c1N. The van der Waals surface area contributed by atoms with Crippen molar-refractivity contribution in [1.29, 1.82) is 0 Å². The average Bonchev–Trinajstić information content (AvgIpc) is 3.65. The zero-order valence-corrected chi connectivity index (χ0v) is 21.2. The van der Waals surface area contributed by atoms with Crippen LogP contribution in [0.3, 0.4) is 0 Å². The number of nitrogens with one attached hydrogen (secondary N) is 1. The molecule has 0 radical (unpaired) electrons. The fraction of sp³-hybridized carbons (Fsp3) is 0.423. The molecule has 13 nitrogen and oxygen atoms in total. The molecule has 1 amide bonds. The molecule has 7 heterocycles. The van der Waals surface area contributed by atoms with Gasteiger partial charge in [-0.1, -0.05) is 6.07 Å². The number of hydrogen-bond donors (Lipinski definition) is 3. The third-order valence-electron chi connectivity index (χ3n) is 8.27. The maximum atomic E-state index is 13.1. The summed E-state index contributed by atoms with van der Waals surface area (Å²) in [7, 11) is 0. The van der Waals surface area contributed by atoms with Gasteiger partial charge in [0.15, 0.2) is 17.0 Å². The number of aromatic amines is 1. The number of ketones is 1. The molecule has 3 aliphatic rings. The molecule has 0 spiro atoms. The van der Waals surface area contributed by atoms with Crippen LogP contribution in [-0.2, 0) is 10.3 Å². The number of carbonyl (C=O) groups excluding carboxylic acids is 2. The van der Waals surface area contributed by atoms with E-state index < -0.39 is 5.60 Å². The number of carbonyl (C=O) groups is 2. The molecule has 200 valence electrons. The van der Waals surface area contributed by atoms with Gasteiger partial charge in [-0.2, -0.15) is 14.7 Å². The summed E-state index contributed by atoms with van der Waals surface area (Å²) < 4.78 is 6.63. The van der Waals surface area contributed by atoms with Crippen LogP contribution in [0.25, 0.3) is 16.8 Å². The van der Waals surface area contributed by atoms with Gasteiger partial charge in [-0.15, -0.1) is 0 Å². The van der Waals surface area contributed by atoms with E-state index in [4.69, 9.17) is 15.5 Å². The van der Waals surface area contributed by atoms with Gasteiger partial charge in [0.1, 0.15) is 12.1 Å². The maximum absolute atomic E-state index is 13.1. The molecule has 0 aromatic carbocycles. The Hall–Kier alpha value is -4.23. The summed E-state index contributed by atoms with van der Waals surface area (Å²) in [5, 5.41) is 21.5. The second kappa shape index (κ2) is 8.64. The average molecular weight is 530 g/mol. The molecule has 13 heteroatoms. The number of hydrogen-bond acceptors (Lipinski definition) is 10. The minimum Gasteiger partial charge on any atom is -0.383 e. The van der Waals surface area contributed by atoms with Crippen molar-refractivity contribution in [1.82, 2.24) is 39.7 Å². The number of Topliss-reactive ketones (excluding diaryl/α,β-unsaturated/α-hetero) is 1. The van der Waals surface area contributed by atoms with Gasteiger partial charge in [-0.05, 0) is 38.7 Å². The van der Waals surface area contributed by atoms with E-state index >= 15 is 0 Å². The van der Waals surface area contributed by atoms with Gasteiger partial charge in [0.25, 0.3) is 5.91 Å². The Labute approximate surface area is 222 Å². The van der Waals surface area contributed by atoms with E-state index in [1.807, 2.05) is 11.0 Å². The Kier molecular flexibility index (Phi) is 5.29. The van der Waals surface area contributed by atoms with Crippen LogP contribution in [0.15, 0.2) is 30.9 Å². The third kappa shape index (κ3) is 3.64. The number of aromatic nitrogens is 7. The Morgan fingerprint density at radius 3 is 2.51 bits per heavy atom. The first-order valence-corrected chi connectivity index (χ1v) is 13.0. The monoisotopic (exact) mass is 529 g/mol.